The summed E-state index contributed by atoms with van der Waals surface area (Å²) in [6.45, 7) is 5.58. The second kappa shape index (κ2) is 7.98. The van der Waals surface area contributed by atoms with Gasteiger partial charge in [-0.05, 0) is 26.8 Å². The smallest absolute Gasteiger partial charge is 0.220 e. The average molecular weight is 228 g/mol. The minimum atomic E-state index is -0.270. The number of ketones is 2. The van der Waals surface area contributed by atoms with Crippen LogP contribution in [0.15, 0.2) is 0 Å². The summed E-state index contributed by atoms with van der Waals surface area (Å²) in [6.07, 6.45) is 0.720. The van der Waals surface area contributed by atoms with E-state index in [0.717, 1.165) is 0 Å². The van der Waals surface area contributed by atoms with E-state index in [2.05, 4.69) is 10.6 Å². The van der Waals surface area contributed by atoms with Crippen LogP contribution < -0.4 is 10.6 Å². The molecule has 92 valence electrons. The second-order valence-electron chi connectivity index (χ2n) is 3.74. The van der Waals surface area contributed by atoms with Gasteiger partial charge in [-0.25, -0.2) is 0 Å². The molecule has 5 heteroatoms. The van der Waals surface area contributed by atoms with E-state index in [-0.39, 0.29) is 36.5 Å². The van der Waals surface area contributed by atoms with Gasteiger partial charge in [0.2, 0.25) is 5.91 Å². The van der Waals surface area contributed by atoms with Crippen molar-refractivity contribution in [2.24, 2.45) is 0 Å². The Morgan fingerprint density at radius 2 is 1.81 bits per heavy atom. The first-order chi connectivity index (χ1) is 7.47. The van der Waals surface area contributed by atoms with Gasteiger partial charge in [0.1, 0.15) is 11.6 Å². The maximum absolute atomic E-state index is 11.3. The van der Waals surface area contributed by atoms with Gasteiger partial charge in [-0.15, -0.1) is 0 Å². The molecule has 1 atom stereocenters. The minimum absolute atomic E-state index is 0.0289. The van der Waals surface area contributed by atoms with Crippen molar-refractivity contribution < 1.29 is 14.4 Å². The monoisotopic (exact) mass is 228 g/mol. The molecule has 0 radical (unpaired) electrons. The highest BCUT2D eigenvalue weighted by molar-refractivity contribution is 5.85. The summed E-state index contributed by atoms with van der Waals surface area (Å²) in [5, 5.41) is 5.50. The van der Waals surface area contributed by atoms with Crippen LogP contribution in [0.25, 0.3) is 0 Å². The normalized spacial score (nSPS) is 11.9. The molecule has 0 heterocycles. The lowest BCUT2D eigenvalue weighted by Gasteiger charge is -2.13. The molecule has 1 amide bonds. The number of nitrogens with one attached hydrogen (secondary N) is 2. The zero-order valence-electron chi connectivity index (χ0n) is 10.1. The lowest BCUT2D eigenvalue weighted by Crippen LogP contribution is -2.37. The quantitative estimate of drug-likeness (QED) is 0.615. The molecule has 0 aliphatic carbocycles. The molecular formula is C11H20N2O3. The van der Waals surface area contributed by atoms with E-state index in [1.807, 2.05) is 6.92 Å². The Morgan fingerprint density at radius 3 is 2.25 bits per heavy atom. The lowest BCUT2D eigenvalue weighted by molar-refractivity contribution is -0.125. The van der Waals surface area contributed by atoms with Crippen molar-refractivity contribution in [2.45, 2.75) is 39.7 Å². The molecule has 2 N–H and O–H groups in total. The van der Waals surface area contributed by atoms with Crippen LogP contribution in [-0.2, 0) is 14.4 Å². The zero-order valence-corrected chi connectivity index (χ0v) is 10.1. The van der Waals surface area contributed by atoms with Gasteiger partial charge in [-0.3, -0.25) is 14.4 Å². The van der Waals surface area contributed by atoms with Crippen molar-refractivity contribution in [2.75, 3.05) is 13.1 Å². The van der Waals surface area contributed by atoms with Gasteiger partial charge in [0.15, 0.2) is 0 Å². The fourth-order valence-electron chi connectivity index (χ4n) is 1.28. The molecule has 0 spiro atoms. The molecule has 5 nitrogen and oxygen atoms in total. The molecule has 0 aromatic rings. The van der Waals surface area contributed by atoms with Gasteiger partial charge in [-0.2, -0.15) is 0 Å². The van der Waals surface area contributed by atoms with Crippen LogP contribution in [0.2, 0.25) is 0 Å². The van der Waals surface area contributed by atoms with E-state index in [0.29, 0.717) is 13.0 Å². The highest BCUT2D eigenvalue weighted by Crippen LogP contribution is 1.98. The molecule has 16 heavy (non-hydrogen) atoms. The molecule has 0 saturated heterocycles. The van der Waals surface area contributed by atoms with Crippen LogP contribution in [0.3, 0.4) is 0 Å². The number of carbonyl (C=O) groups is 3. The molecular weight excluding hydrogens is 208 g/mol. The third kappa shape index (κ3) is 7.11. The Balaban J connectivity index is 3.87. The first kappa shape index (κ1) is 14.8. The second-order valence-corrected chi connectivity index (χ2v) is 3.74. The Labute approximate surface area is 96.0 Å². The summed E-state index contributed by atoms with van der Waals surface area (Å²) < 4.78 is 0. The van der Waals surface area contributed by atoms with E-state index in [4.69, 9.17) is 0 Å². The summed E-state index contributed by atoms with van der Waals surface area (Å²) in [7, 11) is 0. The van der Waals surface area contributed by atoms with Crippen molar-refractivity contribution in [3.05, 3.63) is 0 Å². The SMILES string of the molecule is CCNC(CCC(=O)NCC(C)=O)C(C)=O. The molecule has 0 aliphatic heterocycles. The fourth-order valence-corrected chi connectivity index (χ4v) is 1.28. The third-order valence-corrected chi connectivity index (χ3v) is 2.14. The van der Waals surface area contributed by atoms with E-state index in [1.54, 1.807) is 0 Å². The molecule has 0 aromatic heterocycles. The predicted molar refractivity (Wildman–Crippen MR) is 61.1 cm³/mol. The number of hydrogen-bond acceptors (Lipinski definition) is 4. The Bertz CT molecular complexity index is 264. The van der Waals surface area contributed by atoms with Crippen molar-refractivity contribution in [1.82, 2.24) is 10.6 Å². The Morgan fingerprint density at radius 1 is 1.19 bits per heavy atom. The van der Waals surface area contributed by atoms with Crippen molar-refractivity contribution in [1.29, 1.82) is 0 Å². The maximum Gasteiger partial charge on any atom is 0.220 e. The van der Waals surface area contributed by atoms with Crippen LogP contribution >= 0.6 is 0 Å². The topological polar surface area (TPSA) is 75.3 Å². The lowest BCUT2D eigenvalue weighted by atomic mass is 10.1. The highest BCUT2D eigenvalue weighted by atomic mass is 16.2. The average Bonchev–Trinajstić information content (AvgIpc) is 2.20. The molecule has 0 aromatic carbocycles. The zero-order chi connectivity index (χ0) is 12.6. The summed E-state index contributed by atoms with van der Waals surface area (Å²) in [4.78, 5) is 33.1. The molecule has 1 unspecified atom stereocenters. The highest BCUT2D eigenvalue weighted by Gasteiger charge is 2.14. The van der Waals surface area contributed by atoms with Crippen molar-refractivity contribution in [3.63, 3.8) is 0 Å². The Hall–Kier alpha value is -1.23. The van der Waals surface area contributed by atoms with Crippen LogP contribution in [-0.4, -0.2) is 36.6 Å². The molecule has 0 bridgehead atoms. The largest absolute Gasteiger partial charge is 0.349 e. The van der Waals surface area contributed by atoms with Crippen LogP contribution in [0, 0.1) is 0 Å². The van der Waals surface area contributed by atoms with Crippen LogP contribution in [0.1, 0.15) is 33.6 Å². The predicted octanol–water partition coefficient (Wildman–Crippen LogP) is 0.0389. The maximum atomic E-state index is 11.3. The summed E-state index contributed by atoms with van der Waals surface area (Å²) >= 11 is 0. The molecule has 0 fully saturated rings. The number of carbonyl (C=O) groups excluding carboxylic acids is 3. The van der Waals surface area contributed by atoms with Gasteiger partial charge in [-0.1, -0.05) is 6.92 Å². The van der Waals surface area contributed by atoms with Crippen molar-refractivity contribution in [3.8, 4) is 0 Å². The summed E-state index contributed by atoms with van der Waals surface area (Å²) in [5.41, 5.74) is 0. The van der Waals surface area contributed by atoms with Gasteiger partial charge < -0.3 is 10.6 Å². The van der Waals surface area contributed by atoms with E-state index in [1.165, 1.54) is 13.8 Å². The van der Waals surface area contributed by atoms with E-state index < -0.39 is 0 Å². The number of likely N-dealkylation sites (N-methyl/N-ethyl adjacent to an activating group) is 1. The van der Waals surface area contributed by atoms with Gasteiger partial charge in [0.05, 0.1) is 12.6 Å². The number of amides is 1. The van der Waals surface area contributed by atoms with Crippen molar-refractivity contribution >= 4 is 17.5 Å². The Kier molecular flexibility index (Phi) is 7.37. The number of hydrogen-bond donors (Lipinski definition) is 2. The molecule has 0 saturated carbocycles. The van der Waals surface area contributed by atoms with E-state index in [9.17, 15) is 14.4 Å². The van der Waals surface area contributed by atoms with Crippen LogP contribution in [0.4, 0.5) is 0 Å². The fraction of sp³-hybridized carbons (Fsp3) is 0.727. The first-order valence-electron chi connectivity index (χ1n) is 5.47. The third-order valence-electron chi connectivity index (χ3n) is 2.14. The summed E-state index contributed by atoms with van der Waals surface area (Å²) in [5.74, 6) is -0.247. The number of rotatable bonds is 8. The first-order valence-corrected chi connectivity index (χ1v) is 5.47. The minimum Gasteiger partial charge on any atom is -0.349 e. The van der Waals surface area contributed by atoms with Gasteiger partial charge >= 0.3 is 0 Å². The van der Waals surface area contributed by atoms with Crippen LogP contribution in [0.5, 0.6) is 0 Å². The standard InChI is InChI=1S/C11H20N2O3/c1-4-12-10(9(3)15)5-6-11(16)13-7-8(2)14/h10,12H,4-7H2,1-3H3,(H,13,16). The molecule has 0 aliphatic rings. The summed E-state index contributed by atoms with van der Waals surface area (Å²) in [6, 6.07) is -0.270. The van der Waals surface area contributed by atoms with Gasteiger partial charge in [0.25, 0.3) is 0 Å². The van der Waals surface area contributed by atoms with E-state index >= 15 is 0 Å². The van der Waals surface area contributed by atoms with Gasteiger partial charge in [0, 0.05) is 6.42 Å². The number of Topliss-reactive ketones (excluding diaryl/α,β-unsaturated/α-hetero) is 2. The molecule has 0 rings (SSSR count).